The van der Waals surface area contributed by atoms with Crippen LogP contribution < -0.4 is 16.9 Å². The summed E-state index contributed by atoms with van der Waals surface area (Å²) in [6.45, 7) is 2.13. The maximum atomic E-state index is 6.08. The molecule has 0 aromatic carbocycles. The molecule has 1 saturated heterocycles. The fourth-order valence-corrected chi connectivity index (χ4v) is 8.86. The fraction of sp³-hybridized carbons (Fsp3) is 0.714. The van der Waals surface area contributed by atoms with Gasteiger partial charge in [-0.1, -0.05) is 31.4 Å². The maximum Gasteiger partial charge on any atom is 0.165 e. The van der Waals surface area contributed by atoms with Gasteiger partial charge in [-0.05, 0) is 5.75 Å². The molecule has 104 valence electrons. The highest BCUT2D eigenvalue weighted by molar-refractivity contribution is 9.07. The first-order chi connectivity index (χ1) is 8.41. The molecule has 5 N–H and O–H groups in total. The Kier molecular flexibility index (Phi) is 4.97. The number of nitrogens with zero attached hydrogens (tertiary/aromatic N) is 3. The lowest BCUT2D eigenvalue weighted by atomic mass is 10.6. The molecule has 2 heterocycles. The summed E-state index contributed by atoms with van der Waals surface area (Å²) in [5.74, 6) is 0.898. The molecule has 0 saturated carbocycles. The maximum absolute atomic E-state index is 6.08. The molecule has 0 radical (unpaired) electrons. The smallest absolute Gasteiger partial charge is 0.165 e. The van der Waals surface area contributed by atoms with Gasteiger partial charge in [0.05, 0.1) is 0 Å². The molecular formula is C7H15BrN6S4. The number of azo groups is 1. The van der Waals surface area contributed by atoms with Crippen molar-refractivity contribution in [2.75, 3.05) is 5.75 Å². The van der Waals surface area contributed by atoms with Crippen LogP contribution in [-0.2, 0) is 0 Å². The Morgan fingerprint density at radius 3 is 2.67 bits per heavy atom. The second-order valence-corrected chi connectivity index (χ2v) is 11.1. The molecule has 5 unspecified atom stereocenters. The molecule has 0 aromatic rings. The van der Waals surface area contributed by atoms with Crippen LogP contribution in [0.3, 0.4) is 0 Å². The van der Waals surface area contributed by atoms with E-state index in [2.05, 4.69) is 38.7 Å². The standard InChI is InChI=1S/C7H15BrN6S4/c1-3(18-4(9)11-12-6(18)15)2-17-5(10)14(8)13-7(17)16/h3-5,17-18H,2,9-10H2,1H3,(H,13,16). The quantitative estimate of drug-likeness (QED) is 0.280. The van der Waals surface area contributed by atoms with Crippen LogP contribution >= 0.6 is 62.4 Å². The molecule has 0 amide bonds. The zero-order chi connectivity index (χ0) is 13.4. The number of thiol groups is 2. The highest BCUT2D eigenvalue weighted by Gasteiger charge is 2.36. The minimum atomic E-state index is -0.682. The molecule has 2 rings (SSSR count). The molecule has 0 aliphatic carbocycles. The van der Waals surface area contributed by atoms with Gasteiger partial charge in [-0.15, -0.1) is 9.15 Å². The van der Waals surface area contributed by atoms with Crippen molar-refractivity contribution in [2.24, 2.45) is 21.7 Å². The fourth-order valence-electron chi connectivity index (χ4n) is 1.81. The Bertz CT molecular complexity index is 405. The van der Waals surface area contributed by atoms with E-state index in [4.69, 9.17) is 35.9 Å². The summed E-state index contributed by atoms with van der Waals surface area (Å²) >= 11 is 13.8. The molecule has 0 spiro atoms. The average Bonchev–Trinajstić information content (AvgIpc) is 2.74. The van der Waals surface area contributed by atoms with Crippen LogP contribution in [0.1, 0.15) is 6.92 Å². The number of hydrogen-bond donors (Lipinski definition) is 5. The highest BCUT2D eigenvalue weighted by Crippen LogP contribution is 2.47. The topological polar surface area (TPSA) is 92.0 Å². The normalized spacial score (nSPS) is 42.2. The molecule has 1 fully saturated rings. The summed E-state index contributed by atoms with van der Waals surface area (Å²) in [6, 6.07) is 0. The molecule has 2 aliphatic heterocycles. The first-order valence-electron chi connectivity index (χ1n) is 5.18. The Hall–Kier alpha value is 0.640. The summed E-state index contributed by atoms with van der Waals surface area (Å²) in [5, 5.41) is 8.19. The Morgan fingerprint density at radius 1 is 1.56 bits per heavy atom. The third-order valence-corrected chi connectivity index (χ3v) is 10.2. The van der Waals surface area contributed by atoms with Crippen LogP contribution in [0.2, 0.25) is 0 Å². The largest absolute Gasteiger partial charge is 0.306 e. The lowest BCUT2D eigenvalue weighted by Gasteiger charge is -2.29. The van der Waals surface area contributed by atoms with Crippen molar-refractivity contribution in [3.05, 3.63) is 0 Å². The van der Waals surface area contributed by atoms with Crippen LogP contribution in [0.15, 0.2) is 10.2 Å². The average molecular weight is 391 g/mol. The minimum Gasteiger partial charge on any atom is -0.306 e. The second-order valence-electron chi connectivity index (χ2n) is 3.96. The van der Waals surface area contributed by atoms with E-state index in [1.165, 1.54) is 0 Å². The summed E-state index contributed by atoms with van der Waals surface area (Å²) < 4.78 is 3.15. The third kappa shape index (κ3) is 2.87. The van der Waals surface area contributed by atoms with E-state index in [0.29, 0.717) is 9.57 Å². The van der Waals surface area contributed by atoms with E-state index in [9.17, 15) is 0 Å². The van der Waals surface area contributed by atoms with Gasteiger partial charge in [0, 0.05) is 21.4 Å². The lowest BCUT2D eigenvalue weighted by molar-refractivity contribution is 0.448. The van der Waals surface area contributed by atoms with Crippen LogP contribution in [0.4, 0.5) is 0 Å². The molecule has 0 bridgehead atoms. The lowest BCUT2D eigenvalue weighted by Crippen LogP contribution is -2.35. The minimum absolute atomic E-state index is 0.119. The number of hydrazine groups is 1. The Labute approximate surface area is 130 Å². The molecular weight excluding hydrogens is 376 g/mol. The van der Waals surface area contributed by atoms with E-state index in [0.717, 1.165) is 10.1 Å². The van der Waals surface area contributed by atoms with Gasteiger partial charge in [0.2, 0.25) is 0 Å². The highest BCUT2D eigenvalue weighted by atomic mass is 79.9. The second kappa shape index (κ2) is 5.95. The Balaban J connectivity index is 2.01. The van der Waals surface area contributed by atoms with Gasteiger partial charge in [-0.3, -0.25) is 5.43 Å². The van der Waals surface area contributed by atoms with E-state index >= 15 is 0 Å². The number of nitrogens with two attached hydrogens (primary N) is 2. The van der Waals surface area contributed by atoms with Crippen molar-refractivity contribution >= 4 is 71.0 Å². The van der Waals surface area contributed by atoms with Crippen LogP contribution in [0.25, 0.3) is 0 Å². The molecule has 5 atom stereocenters. The van der Waals surface area contributed by atoms with Crippen LogP contribution in [-0.4, -0.2) is 34.7 Å². The number of halogens is 1. The third-order valence-electron chi connectivity index (χ3n) is 2.72. The number of nitrogens with one attached hydrogen (secondary N) is 1. The SMILES string of the molecule is CC(C[SH]1C(=S)NN(Br)C1N)[SH]1C(=S)N=NC1N. The van der Waals surface area contributed by atoms with E-state index in [1.54, 1.807) is 4.03 Å². The van der Waals surface area contributed by atoms with Crippen molar-refractivity contribution in [2.45, 2.75) is 23.2 Å². The molecule has 11 heteroatoms. The number of thiocarbonyl (C=S) groups is 2. The zero-order valence-corrected chi connectivity index (χ0v) is 14.5. The van der Waals surface area contributed by atoms with Gasteiger partial charge < -0.3 is 11.5 Å². The Morgan fingerprint density at radius 2 is 2.22 bits per heavy atom. The zero-order valence-electron chi connectivity index (χ0n) is 9.52. The van der Waals surface area contributed by atoms with Crippen molar-refractivity contribution in [3.8, 4) is 0 Å². The number of rotatable bonds is 3. The first kappa shape index (κ1) is 15.0. The van der Waals surface area contributed by atoms with Gasteiger partial charge in [0.1, 0.15) is 9.82 Å². The monoisotopic (exact) mass is 390 g/mol. The predicted octanol–water partition coefficient (Wildman–Crippen LogP) is 1.03. The van der Waals surface area contributed by atoms with Crippen LogP contribution in [0, 0.1) is 0 Å². The summed E-state index contributed by atoms with van der Waals surface area (Å²) in [5.41, 5.74) is 14.6. The van der Waals surface area contributed by atoms with Crippen molar-refractivity contribution < 1.29 is 0 Å². The van der Waals surface area contributed by atoms with Gasteiger partial charge in [-0.25, -0.2) is 0 Å². The molecule has 6 nitrogen and oxygen atoms in total. The molecule has 18 heavy (non-hydrogen) atoms. The van der Waals surface area contributed by atoms with Crippen molar-refractivity contribution in [1.29, 1.82) is 0 Å². The van der Waals surface area contributed by atoms with Crippen LogP contribution in [0.5, 0.6) is 0 Å². The summed E-state index contributed by atoms with van der Waals surface area (Å²) in [7, 11) is -1.29. The van der Waals surface area contributed by atoms with Gasteiger partial charge in [0.25, 0.3) is 0 Å². The van der Waals surface area contributed by atoms with Gasteiger partial charge in [0.15, 0.2) is 9.82 Å². The van der Waals surface area contributed by atoms with E-state index < -0.39 is 21.8 Å². The van der Waals surface area contributed by atoms with Crippen molar-refractivity contribution in [1.82, 2.24) is 9.46 Å². The van der Waals surface area contributed by atoms with E-state index in [1.807, 2.05) is 0 Å². The predicted molar refractivity (Wildman–Crippen MR) is 92.2 cm³/mol. The van der Waals surface area contributed by atoms with Gasteiger partial charge in [-0.2, -0.15) is 26.9 Å². The first-order valence-corrected chi connectivity index (χ1v) is 9.78. The summed E-state index contributed by atoms with van der Waals surface area (Å²) in [6.07, 6.45) is 0. The van der Waals surface area contributed by atoms with E-state index in [-0.39, 0.29) is 11.0 Å². The molecule has 0 aromatic heterocycles. The van der Waals surface area contributed by atoms with Crippen molar-refractivity contribution in [3.63, 3.8) is 0 Å². The number of hydrogen-bond acceptors (Lipinski definition) is 6. The van der Waals surface area contributed by atoms with Gasteiger partial charge >= 0.3 is 0 Å². The summed E-state index contributed by atoms with van der Waals surface area (Å²) in [4.78, 5) is 0. The molecule has 2 aliphatic rings.